The lowest BCUT2D eigenvalue weighted by atomic mass is 9.96. The molecule has 0 bridgehead atoms. The van der Waals surface area contributed by atoms with E-state index in [9.17, 15) is 9.59 Å². The maximum absolute atomic E-state index is 12.5. The largest absolute Gasteiger partial charge is 0.444 e. The average molecular weight is 637 g/mol. The molecule has 3 aromatic rings. The van der Waals surface area contributed by atoms with Crippen molar-refractivity contribution < 1.29 is 14.3 Å². The topological polar surface area (TPSA) is 91.5 Å². The Hall–Kier alpha value is -2.37. The van der Waals surface area contributed by atoms with Crippen LogP contribution in [0.3, 0.4) is 0 Å². The predicted octanol–water partition coefficient (Wildman–Crippen LogP) is 5.65. The first-order chi connectivity index (χ1) is 18.6. The van der Waals surface area contributed by atoms with E-state index in [-0.39, 0.29) is 17.6 Å². The van der Waals surface area contributed by atoms with Crippen molar-refractivity contribution in [1.29, 1.82) is 0 Å². The monoisotopic (exact) mass is 635 g/mol. The van der Waals surface area contributed by atoms with Crippen LogP contribution in [-0.4, -0.2) is 79.9 Å². The molecule has 1 saturated heterocycles. The summed E-state index contributed by atoms with van der Waals surface area (Å²) in [6.45, 7) is 9.70. The summed E-state index contributed by atoms with van der Waals surface area (Å²) < 4.78 is 16.3. The molecule has 1 amide bonds. The lowest BCUT2D eigenvalue weighted by Crippen LogP contribution is -2.41. The van der Waals surface area contributed by atoms with Gasteiger partial charge in [-0.15, -0.1) is 0 Å². The van der Waals surface area contributed by atoms with Gasteiger partial charge in [0.1, 0.15) is 23.7 Å². The van der Waals surface area contributed by atoms with Gasteiger partial charge in [-0.3, -0.25) is 4.79 Å². The summed E-state index contributed by atoms with van der Waals surface area (Å²) >= 11 is 3.84. The Morgan fingerprint density at radius 1 is 1.20 bits per heavy atom. The van der Waals surface area contributed by atoms with E-state index in [4.69, 9.17) is 19.4 Å². The van der Waals surface area contributed by atoms with E-state index < -0.39 is 15.6 Å². The molecule has 0 aliphatic carbocycles. The number of carbonyl (C=O) groups is 1. The zero-order valence-electron chi connectivity index (χ0n) is 24.9. The van der Waals surface area contributed by atoms with Gasteiger partial charge in [0.05, 0.1) is 28.5 Å². The Balaban J connectivity index is 1.65. The Bertz CT molecular complexity index is 1420. The quantitative estimate of drug-likeness (QED) is 0.312. The van der Waals surface area contributed by atoms with Gasteiger partial charge < -0.3 is 23.5 Å². The average Bonchev–Trinajstić information content (AvgIpc) is 3.14. The SMILES string of the molecule is Cc1cc(-c2c(Br)c3nc(C4CCN(C(=O)OC(C)(C)C)CC4)ncc3n2COCCS(C)(C)C)cn(C)c1=O. The molecule has 0 saturated carbocycles. The van der Waals surface area contributed by atoms with Crippen LogP contribution in [0.15, 0.2) is 27.7 Å². The number of nitrogens with zero attached hydrogens (tertiary/aromatic N) is 5. The highest BCUT2D eigenvalue weighted by Crippen LogP contribution is 2.38. The van der Waals surface area contributed by atoms with Gasteiger partial charge in [-0.1, -0.05) is 0 Å². The van der Waals surface area contributed by atoms with Crippen LogP contribution in [0.25, 0.3) is 22.3 Å². The van der Waals surface area contributed by atoms with Crippen molar-refractivity contribution in [2.24, 2.45) is 7.05 Å². The minimum absolute atomic E-state index is 0.0215. The summed E-state index contributed by atoms with van der Waals surface area (Å²) in [7, 11) is 1.10. The minimum atomic E-state index is -0.669. The van der Waals surface area contributed by atoms with Gasteiger partial charge in [0.25, 0.3) is 5.56 Å². The van der Waals surface area contributed by atoms with E-state index in [0.29, 0.717) is 32.0 Å². The Morgan fingerprint density at radius 2 is 1.88 bits per heavy atom. The molecule has 0 spiro atoms. The normalized spacial score (nSPS) is 15.6. The van der Waals surface area contributed by atoms with Gasteiger partial charge in [-0.05, 0) is 81.3 Å². The summed E-state index contributed by atoms with van der Waals surface area (Å²) in [6.07, 6.45) is 11.8. The number of amides is 1. The highest BCUT2D eigenvalue weighted by Gasteiger charge is 2.29. The number of pyridine rings is 1. The molecular weight excluding hydrogens is 594 g/mol. The van der Waals surface area contributed by atoms with Crippen LogP contribution in [0.1, 0.15) is 50.9 Å². The molecule has 11 heteroatoms. The Kier molecular flexibility index (Phi) is 9.06. The van der Waals surface area contributed by atoms with Crippen LogP contribution in [0.2, 0.25) is 0 Å². The Labute approximate surface area is 246 Å². The number of likely N-dealkylation sites (tertiary alicyclic amines) is 1. The van der Waals surface area contributed by atoms with E-state index in [1.165, 1.54) is 0 Å². The third kappa shape index (κ3) is 7.09. The van der Waals surface area contributed by atoms with Crippen LogP contribution >= 0.6 is 26.0 Å². The van der Waals surface area contributed by atoms with Crippen molar-refractivity contribution in [1.82, 2.24) is 24.0 Å². The van der Waals surface area contributed by atoms with E-state index in [1.807, 2.05) is 46.2 Å². The summed E-state index contributed by atoms with van der Waals surface area (Å²) in [5.74, 6) is 1.94. The van der Waals surface area contributed by atoms with Crippen molar-refractivity contribution in [2.75, 3.05) is 44.2 Å². The van der Waals surface area contributed by atoms with E-state index in [0.717, 1.165) is 51.2 Å². The summed E-state index contributed by atoms with van der Waals surface area (Å²) in [6, 6.07) is 1.91. The number of ether oxygens (including phenoxy) is 2. The zero-order chi connectivity index (χ0) is 29.4. The molecule has 4 heterocycles. The lowest BCUT2D eigenvalue weighted by molar-refractivity contribution is 0.0203. The number of hydrogen-bond acceptors (Lipinski definition) is 6. The zero-order valence-corrected chi connectivity index (χ0v) is 27.3. The molecular formula is C29H42BrN5O4S. The van der Waals surface area contributed by atoms with Crippen molar-refractivity contribution in [3.63, 3.8) is 0 Å². The lowest BCUT2D eigenvalue weighted by Gasteiger charge is -2.32. The van der Waals surface area contributed by atoms with Crippen molar-refractivity contribution >= 4 is 43.1 Å². The highest BCUT2D eigenvalue weighted by atomic mass is 79.9. The number of halogens is 1. The van der Waals surface area contributed by atoms with Crippen LogP contribution in [0, 0.1) is 6.92 Å². The van der Waals surface area contributed by atoms with E-state index in [2.05, 4.69) is 39.3 Å². The number of aryl methyl sites for hydroxylation is 2. The fourth-order valence-electron chi connectivity index (χ4n) is 4.83. The van der Waals surface area contributed by atoms with Gasteiger partial charge in [-0.2, -0.15) is 0 Å². The molecule has 1 aliphatic rings. The number of rotatable bonds is 7. The second-order valence-electron chi connectivity index (χ2n) is 12.5. The van der Waals surface area contributed by atoms with Gasteiger partial charge >= 0.3 is 6.09 Å². The molecule has 0 aromatic carbocycles. The van der Waals surface area contributed by atoms with E-state index >= 15 is 0 Å². The third-order valence-corrected chi connectivity index (χ3v) is 9.12. The fourth-order valence-corrected chi connectivity index (χ4v) is 6.18. The smallest absolute Gasteiger partial charge is 0.410 e. The van der Waals surface area contributed by atoms with Gasteiger partial charge in [-0.25, -0.2) is 24.8 Å². The minimum Gasteiger partial charge on any atom is -0.444 e. The second-order valence-corrected chi connectivity index (χ2v) is 17.8. The van der Waals surface area contributed by atoms with Gasteiger partial charge in [0.15, 0.2) is 0 Å². The first-order valence-electron chi connectivity index (χ1n) is 13.6. The van der Waals surface area contributed by atoms with Crippen molar-refractivity contribution in [3.8, 4) is 11.3 Å². The van der Waals surface area contributed by atoms with Gasteiger partial charge in [0.2, 0.25) is 0 Å². The number of aromatic nitrogens is 4. The van der Waals surface area contributed by atoms with Crippen LogP contribution in [0.5, 0.6) is 0 Å². The molecule has 220 valence electrons. The number of fused-ring (bicyclic) bond motifs is 1. The number of hydrogen-bond donors (Lipinski definition) is 0. The molecule has 4 rings (SSSR count). The predicted molar refractivity (Wildman–Crippen MR) is 167 cm³/mol. The molecule has 0 N–H and O–H groups in total. The first-order valence-corrected chi connectivity index (χ1v) is 17.4. The molecule has 40 heavy (non-hydrogen) atoms. The van der Waals surface area contributed by atoms with Crippen molar-refractivity contribution in [2.45, 2.75) is 58.8 Å². The molecule has 3 aromatic heterocycles. The van der Waals surface area contributed by atoms with Crippen LogP contribution < -0.4 is 5.56 Å². The standard InChI is InChI=1S/C29H42BrN5O4S/c1-19-15-21(17-33(5)27(19)36)25-23(30)24-22(35(25)18-38-13-14-40(6,7)8)16-31-26(32-24)20-9-11-34(12-10-20)28(37)39-29(2,3)4/h15-17,20H,9-14,18H2,1-8H3. The fraction of sp³-hybridized carbons (Fsp3) is 0.586. The van der Waals surface area contributed by atoms with E-state index in [1.54, 1.807) is 16.5 Å². The molecule has 0 atom stereocenters. The summed E-state index contributed by atoms with van der Waals surface area (Å²) in [5, 5.41) is 0. The molecule has 1 aliphatic heterocycles. The molecule has 0 radical (unpaired) electrons. The van der Waals surface area contributed by atoms with Crippen LogP contribution in [-0.2, 0) is 23.3 Å². The first kappa shape index (κ1) is 30.6. The maximum Gasteiger partial charge on any atom is 0.410 e. The maximum atomic E-state index is 12.5. The highest BCUT2D eigenvalue weighted by molar-refractivity contribution is 9.10. The third-order valence-electron chi connectivity index (χ3n) is 6.97. The molecule has 9 nitrogen and oxygen atoms in total. The summed E-state index contributed by atoms with van der Waals surface area (Å²) in [4.78, 5) is 36.5. The molecule has 1 fully saturated rings. The van der Waals surface area contributed by atoms with Crippen molar-refractivity contribution in [3.05, 3.63) is 44.7 Å². The summed E-state index contributed by atoms with van der Waals surface area (Å²) in [5.41, 5.74) is 3.62. The second kappa shape index (κ2) is 11.9. The van der Waals surface area contributed by atoms with Gasteiger partial charge in [0, 0.05) is 49.1 Å². The number of piperidine rings is 1. The number of carbonyl (C=O) groups excluding carboxylic acids is 1. The van der Waals surface area contributed by atoms with Crippen LogP contribution in [0.4, 0.5) is 4.79 Å². The Morgan fingerprint density at radius 3 is 2.48 bits per heavy atom. The molecule has 0 unspecified atom stereocenters.